The Morgan fingerprint density at radius 3 is 1.91 bits per heavy atom. The Balaban J connectivity index is 1.75. The van der Waals surface area contributed by atoms with Gasteiger partial charge in [0, 0.05) is 27.7 Å². The number of nitrogens with zero attached hydrogens (tertiary/aromatic N) is 1. The summed E-state index contributed by atoms with van der Waals surface area (Å²) in [4.78, 5) is 63.3. The fourth-order valence-corrected chi connectivity index (χ4v) is 4.96. The highest BCUT2D eigenvalue weighted by Crippen LogP contribution is 2.37. The number of para-hydroxylation sites is 1. The molecule has 2 aromatic rings. The lowest BCUT2D eigenvalue weighted by molar-refractivity contribution is -0.287. The average molecular weight is 596 g/mol. The van der Waals surface area contributed by atoms with E-state index in [0.29, 0.717) is 5.75 Å². The average Bonchev–Trinajstić information content (AvgIpc) is 2.96. The zero-order valence-corrected chi connectivity index (χ0v) is 24.1. The van der Waals surface area contributed by atoms with Crippen molar-refractivity contribution in [3.63, 3.8) is 0 Å². The van der Waals surface area contributed by atoms with E-state index in [1.165, 1.54) is 11.8 Å². The number of β-lactam (4-membered cyclic amide) rings is 1. The Bertz CT molecular complexity index is 1350. The van der Waals surface area contributed by atoms with Gasteiger partial charge in [-0.25, -0.2) is 0 Å². The first-order valence-electron chi connectivity index (χ1n) is 13.6. The Labute approximate surface area is 248 Å². The van der Waals surface area contributed by atoms with Crippen molar-refractivity contribution in [2.24, 2.45) is 0 Å². The largest absolute Gasteiger partial charge is 0.478 e. The summed E-state index contributed by atoms with van der Waals surface area (Å²) in [6, 6.07) is 17.4. The van der Waals surface area contributed by atoms with E-state index in [0.717, 1.165) is 26.3 Å². The van der Waals surface area contributed by atoms with E-state index < -0.39 is 79.2 Å². The molecule has 2 saturated heterocycles. The molecule has 12 nitrogen and oxygen atoms in total. The van der Waals surface area contributed by atoms with Crippen molar-refractivity contribution in [2.75, 3.05) is 6.61 Å². The van der Waals surface area contributed by atoms with Crippen LogP contribution >= 0.6 is 0 Å². The summed E-state index contributed by atoms with van der Waals surface area (Å²) in [5.41, 5.74) is 0.849. The second kappa shape index (κ2) is 14.0. The SMILES string of the molecule is CC(=O)OCC1OC(N2C(=O)C(Oc3ccccc3)C2C=Cc2ccccc2)C(OC(C)=O)C(OC(C)=O)C1OC(C)=O. The van der Waals surface area contributed by atoms with Gasteiger partial charge in [0.2, 0.25) is 6.10 Å². The molecule has 0 aliphatic carbocycles. The molecule has 7 atom stereocenters. The standard InChI is InChI=1S/C31H33NO11/c1-18(33)38-17-25-27(39-19(2)34)28(40-20(3)35)29(41-21(4)36)31(43-25)32-24(16-15-22-11-7-5-8-12-22)26(30(32)37)42-23-13-9-6-10-14-23/h5-16,24-29,31H,17H2,1-4H3. The molecule has 0 radical (unpaired) electrons. The first-order valence-corrected chi connectivity index (χ1v) is 13.6. The van der Waals surface area contributed by atoms with Crippen LogP contribution in [0.4, 0.5) is 0 Å². The first kappa shape index (κ1) is 31.2. The molecule has 0 bridgehead atoms. The van der Waals surface area contributed by atoms with Gasteiger partial charge >= 0.3 is 23.9 Å². The molecule has 1 amide bonds. The molecule has 2 aromatic carbocycles. The summed E-state index contributed by atoms with van der Waals surface area (Å²) in [6.45, 7) is 4.17. The molecule has 2 aliphatic rings. The zero-order chi connectivity index (χ0) is 31.1. The fraction of sp³-hybridized carbons (Fsp3) is 0.387. The Morgan fingerprint density at radius 1 is 0.767 bits per heavy atom. The highest BCUT2D eigenvalue weighted by molar-refractivity contribution is 5.90. The minimum Gasteiger partial charge on any atom is -0.478 e. The molecule has 0 spiro atoms. The number of benzene rings is 2. The van der Waals surface area contributed by atoms with E-state index in [4.69, 9.17) is 28.4 Å². The molecule has 0 saturated carbocycles. The van der Waals surface area contributed by atoms with Crippen molar-refractivity contribution < 1.29 is 52.4 Å². The Hall–Kier alpha value is -4.71. The normalized spacial score (nSPS) is 26.7. The van der Waals surface area contributed by atoms with Crippen LogP contribution in [-0.4, -0.2) is 84.1 Å². The van der Waals surface area contributed by atoms with Gasteiger partial charge in [-0.15, -0.1) is 0 Å². The number of carbonyl (C=O) groups is 5. The van der Waals surface area contributed by atoms with Gasteiger partial charge in [0.25, 0.3) is 5.91 Å². The molecule has 12 heteroatoms. The van der Waals surface area contributed by atoms with Crippen molar-refractivity contribution in [3.05, 3.63) is 72.3 Å². The second-order valence-corrected chi connectivity index (χ2v) is 9.95. The van der Waals surface area contributed by atoms with Gasteiger partial charge in [0.05, 0.1) is 6.04 Å². The quantitative estimate of drug-likeness (QED) is 0.227. The molecule has 7 unspecified atom stereocenters. The Morgan fingerprint density at radius 2 is 1.33 bits per heavy atom. The summed E-state index contributed by atoms with van der Waals surface area (Å²) in [7, 11) is 0. The van der Waals surface area contributed by atoms with Crippen LogP contribution in [0.3, 0.4) is 0 Å². The van der Waals surface area contributed by atoms with Crippen molar-refractivity contribution in [1.82, 2.24) is 4.90 Å². The van der Waals surface area contributed by atoms with E-state index in [1.54, 1.807) is 36.4 Å². The minimum absolute atomic E-state index is 0.412. The number of ether oxygens (including phenoxy) is 6. The first-order chi connectivity index (χ1) is 20.5. The second-order valence-electron chi connectivity index (χ2n) is 9.95. The third kappa shape index (κ3) is 7.77. The van der Waals surface area contributed by atoms with Crippen LogP contribution in [0.25, 0.3) is 6.08 Å². The van der Waals surface area contributed by atoms with Crippen molar-refractivity contribution >= 4 is 35.9 Å². The molecule has 0 aromatic heterocycles. The number of rotatable bonds is 10. The fourth-order valence-electron chi connectivity index (χ4n) is 4.96. The smallest absolute Gasteiger partial charge is 0.303 e. The molecule has 228 valence electrons. The number of carbonyl (C=O) groups excluding carboxylic acids is 5. The summed E-state index contributed by atoms with van der Waals surface area (Å²) >= 11 is 0. The molecule has 43 heavy (non-hydrogen) atoms. The van der Waals surface area contributed by atoms with Gasteiger partial charge in [-0.2, -0.15) is 0 Å². The lowest BCUT2D eigenvalue weighted by Crippen LogP contribution is -2.76. The van der Waals surface area contributed by atoms with Gasteiger partial charge in [-0.1, -0.05) is 60.7 Å². The summed E-state index contributed by atoms with van der Waals surface area (Å²) in [6.07, 6.45) is -4.15. The van der Waals surface area contributed by atoms with Crippen LogP contribution in [0, 0.1) is 0 Å². The van der Waals surface area contributed by atoms with Crippen molar-refractivity contribution in [1.29, 1.82) is 0 Å². The molecule has 2 fully saturated rings. The maximum atomic E-state index is 13.7. The third-order valence-electron chi connectivity index (χ3n) is 6.66. The lowest BCUT2D eigenvalue weighted by Gasteiger charge is -2.54. The van der Waals surface area contributed by atoms with Gasteiger partial charge in [-0.3, -0.25) is 28.9 Å². The van der Waals surface area contributed by atoms with Gasteiger partial charge in [0.1, 0.15) is 18.5 Å². The predicted octanol–water partition coefficient (Wildman–Crippen LogP) is 2.44. The monoisotopic (exact) mass is 595 g/mol. The van der Waals surface area contributed by atoms with Crippen LogP contribution < -0.4 is 4.74 Å². The third-order valence-corrected chi connectivity index (χ3v) is 6.66. The predicted molar refractivity (Wildman–Crippen MR) is 149 cm³/mol. The van der Waals surface area contributed by atoms with Crippen LogP contribution in [0.5, 0.6) is 5.75 Å². The van der Waals surface area contributed by atoms with Gasteiger partial charge < -0.3 is 28.4 Å². The molecule has 2 aliphatic heterocycles. The molecule has 0 N–H and O–H groups in total. The van der Waals surface area contributed by atoms with E-state index in [2.05, 4.69) is 0 Å². The summed E-state index contributed by atoms with van der Waals surface area (Å²) in [5.74, 6) is -2.98. The highest BCUT2D eigenvalue weighted by atomic mass is 16.7. The van der Waals surface area contributed by atoms with Crippen molar-refractivity contribution in [2.45, 2.75) is 70.5 Å². The number of amides is 1. The summed E-state index contributed by atoms with van der Waals surface area (Å²) < 4.78 is 34.0. The highest BCUT2D eigenvalue weighted by Gasteiger charge is 2.60. The number of esters is 4. The topological polar surface area (TPSA) is 144 Å². The van der Waals surface area contributed by atoms with Crippen LogP contribution in [0.1, 0.15) is 33.3 Å². The zero-order valence-electron chi connectivity index (χ0n) is 24.1. The lowest BCUT2D eigenvalue weighted by atomic mass is 9.90. The molecule has 4 rings (SSSR count). The van der Waals surface area contributed by atoms with Crippen LogP contribution in [-0.2, 0) is 47.7 Å². The Kier molecular flexibility index (Phi) is 10.1. The number of hydrogen-bond donors (Lipinski definition) is 0. The maximum absolute atomic E-state index is 13.7. The van der Waals surface area contributed by atoms with E-state index >= 15 is 0 Å². The number of hydrogen-bond acceptors (Lipinski definition) is 11. The minimum atomic E-state index is -1.42. The maximum Gasteiger partial charge on any atom is 0.303 e. The van der Waals surface area contributed by atoms with Crippen LogP contribution in [0.15, 0.2) is 66.7 Å². The molecular weight excluding hydrogens is 562 g/mol. The molecular formula is C31H33NO11. The van der Waals surface area contributed by atoms with Gasteiger partial charge in [0.15, 0.2) is 24.5 Å². The van der Waals surface area contributed by atoms with Crippen LogP contribution in [0.2, 0.25) is 0 Å². The van der Waals surface area contributed by atoms with Crippen molar-refractivity contribution in [3.8, 4) is 5.75 Å². The van der Waals surface area contributed by atoms with E-state index in [1.807, 2.05) is 36.4 Å². The van der Waals surface area contributed by atoms with E-state index in [-0.39, 0.29) is 0 Å². The summed E-state index contributed by atoms with van der Waals surface area (Å²) in [5, 5.41) is 0. The number of likely N-dealkylation sites (tertiary alicyclic amines) is 1. The molecule has 2 heterocycles. The van der Waals surface area contributed by atoms with Gasteiger partial charge in [-0.05, 0) is 17.7 Å². The van der Waals surface area contributed by atoms with E-state index in [9.17, 15) is 24.0 Å².